The highest BCUT2D eigenvalue weighted by Gasteiger charge is 2.26. The molecule has 0 fully saturated rings. The Hall–Kier alpha value is -1.99. The number of halogens is 1. The van der Waals surface area contributed by atoms with Gasteiger partial charge in [0.05, 0.1) is 25.3 Å². The predicted octanol–water partition coefficient (Wildman–Crippen LogP) is 3.49. The number of rotatable bonds is 3. The number of aryl methyl sites for hydroxylation is 1. The number of esters is 1. The summed E-state index contributed by atoms with van der Waals surface area (Å²) in [4.78, 5) is 15.2. The minimum atomic E-state index is -0.570. The molecule has 0 aliphatic heterocycles. The lowest BCUT2D eigenvalue weighted by Crippen LogP contribution is -2.07. The number of benzene rings is 1. The largest absolute Gasteiger partial charge is 0.495 e. The van der Waals surface area contributed by atoms with Crippen molar-refractivity contribution >= 4 is 23.1 Å². The molecule has 2 rings (SSSR count). The van der Waals surface area contributed by atoms with Crippen molar-refractivity contribution in [2.75, 3.05) is 13.7 Å². The molecule has 0 unspecified atom stereocenters. The standard InChI is InChI=1S/C15H14ClNO3/c1-4-20-15(18)14(17-2)10-6-5-9-7-12(16)13(19-3)8-11(9)10/h7-8H,4-6H2,1,3H3/b14-10-. The van der Waals surface area contributed by atoms with E-state index in [0.717, 1.165) is 17.5 Å². The second kappa shape index (κ2) is 5.98. The third kappa shape index (κ3) is 2.50. The molecule has 0 N–H and O–H groups in total. The van der Waals surface area contributed by atoms with Crippen molar-refractivity contribution < 1.29 is 14.3 Å². The number of methoxy groups -OCH3 is 1. The number of hydrogen-bond donors (Lipinski definition) is 0. The van der Waals surface area contributed by atoms with Gasteiger partial charge in [0.1, 0.15) is 5.75 Å². The molecule has 20 heavy (non-hydrogen) atoms. The van der Waals surface area contributed by atoms with E-state index in [1.165, 1.54) is 7.11 Å². The average molecular weight is 292 g/mol. The van der Waals surface area contributed by atoms with Gasteiger partial charge in [0, 0.05) is 0 Å². The summed E-state index contributed by atoms with van der Waals surface area (Å²) >= 11 is 6.09. The molecule has 1 aliphatic rings. The normalized spacial score (nSPS) is 15.3. The predicted molar refractivity (Wildman–Crippen MR) is 76.5 cm³/mol. The molecule has 0 atom stereocenters. The Balaban J connectivity index is 2.54. The van der Waals surface area contributed by atoms with Crippen LogP contribution in [0, 0.1) is 6.57 Å². The third-order valence-corrected chi connectivity index (χ3v) is 3.51. The molecule has 0 aromatic heterocycles. The van der Waals surface area contributed by atoms with Gasteiger partial charge in [0.15, 0.2) is 0 Å². The first-order chi connectivity index (χ1) is 9.62. The molecule has 0 heterocycles. The lowest BCUT2D eigenvalue weighted by Gasteiger charge is -2.09. The number of carbonyl (C=O) groups excluding carboxylic acids is 1. The van der Waals surface area contributed by atoms with Gasteiger partial charge in [0.25, 0.3) is 5.70 Å². The first kappa shape index (κ1) is 14.4. The van der Waals surface area contributed by atoms with E-state index in [-0.39, 0.29) is 12.3 Å². The molecule has 0 saturated carbocycles. The Bertz CT molecular complexity index is 629. The van der Waals surface area contributed by atoms with E-state index in [1.54, 1.807) is 13.0 Å². The summed E-state index contributed by atoms with van der Waals surface area (Å²) in [7, 11) is 1.53. The van der Waals surface area contributed by atoms with Crippen LogP contribution in [-0.4, -0.2) is 19.7 Å². The van der Waals surface area contributed by atoms with Crippen molar-refractivity contribution in [2.24, 2.45) is 0 Å². The Morgan fingerprint density at radius 1 is 1.45 bits per heavy atom. The summed E-state index contributed by atoms with van der Waals surface area (Å²) in [6.45, 7) is 9.19. The molecule has 0 spiro atoms. The number of hydrogen-bond acceptors (Lipinski definition) is 3. The lowest BCUT2D eigenvalue weighted by atomic mass is 10.0. The van der Waals surface area contributed by atoms with Crippen LogP contribution < -0.4 is 4.74 Å². The van der Waals surface area contributed by atoms with Gasteiger partial charge in [-0.05, 0) is 48.6 Å². The maximum atomic E-state index is 11.8. The highest BCUT2D eigenvalue weighted by atomic mass is 35.5. The van der Waals surface area contributed by atoms with Crippen LogP contribution in [0.3, 0.4) is 0 Å². The smallest absolute Gasteiger partial charge is 0.336 e. The molecule has 1 aromatic carbocycles. The van der Waals surface area contributed by atoms with Crippen LogP contribution in [0.5, 0.6) is 5.75 Å². The fraction of sp³-hybridized carbons (Fsp3) is 0.333. The van der Waals surface area contributed by atoms with Gasteiger partial charge in [-0.2, -0.15) is 0 Å². The van der Waals surface area contributed by atoms with Gasteiger partial charge in [-0.3, -0.25) is 4.79 Å². The Labute approximate surface area is 122 Å². The van der Waals surface area contributed by atoms with Crippen molar-refractivity contribution in [1.82, 2.24) is 0 Å². The van der Waals surface area contributed by atoms with Gasteiger partial charge in [-0.25, -0.2) is 4.85 Å². The topological polar surface area (TPSA) is 39.9 Å². The SMILES string of the molecule is [C-]#[N+]/C(C(=O)OCC)=C1/CCc2cc(Cl)c(OC)cc21. The summed E-state index contributed by atoms with van der Waals surface area (Å²) in [6.07, 6.45) is 1.39. The maximum Gasteiger partial charge on any atom is 0.336 e. The van der Waals surface area contributed by atoms with E-state index in [2.05, 4.69) is 4.85 Å². The number of fused-ring (bicyclic) bond motifs is 1. The van der Waals surface area contributed by atoms with E-state index in [9.17, 15) is 4.79 Å². The number of nitrogens with zero attached hydrogens (tertiary/aromatic N) is 1. The van der Waals surface area contributed by atoms with Crippen molar-refractivity contribution in [2.45, 2.75) is 19.8 Å². The zero-order valence-corrected chi connectivity index (χ0v) is 12.1. The molecule has 5 heteroatoms. The second-order valence-electron chi connectivity index (χ2n) is 4.30. The second-order valence-corrected chi connectivity index (χ2v) is 4.71. The number of allylic oxidation sites excluding steroid dienone is 1. The maximum absolute atomic E-state index is 11.8. The number of carbonyl (C=O) groups is 1. The van der Waals surface area contributed by atoms with Gasteiger partial charge in [-0.15, -0.1) is 0 Å². The molecular weight excluding hydrogens is 278 g/mol. The van der Waals surface area contributed by atoms with Crippen LogP contribution in [0.15, 0.2) is 17.8 Å². The van der Waals surface area contributed by atoms with Crippen molar-refractivity contribution in [3.05, 3.63) is 45.4 Å². The van der Waals surface area contributed by atoms with E-state index in [1.807, 2.05) is 6.07 Å². The quantitative estimate of drug-likeness (QED) is 0.486. The summed E-state index contributed by atoms with van der Waals surface area (Å²) in [5.74, 6) is -0.0303. The Kier molecular flexibility index (Phi) is 4.31. The highest BCUT2D eigenvalue weighted by Crippen LogP contribution is 2.40. The molecule has 104 valence electrons. The zero-order chi connectivity index (χ0) is 14.7. The molecule has 0 radical (unpaired) electrons. The molecule has 1 aliphatic carbocycles. The average Bonchev–Trinajstić information content (AvgIpc) is 2.82. The first-order valence-corrected chi connectivity index (χ1v) is 6.64. The van der Waals surface area contributed by atoms with E-state index in [4.69, 9.17) is 27.6 Å². The van der Waals surface area contributed by atoms with E-state index >= 15 is 0 Å². The summed E-state index contributed by atoms with van der Waals surface area (Å²) in [6, 6.07) is 3.61. The van der Waals surface area contributed by atoms with Gasteiger partial charge >= 0.3 is 5.97 Å². The van der Waals surface area contributed by atoms with Crippen LogP contribution >= 0.6 is 11.6 Å². The van der Waals surface area contributed by atoms with Gasteiger partial charge < -0.3 is 9.47 Å². The highest BCUT2D eigenvalue weighted by molar-refractivity contribution is 6.32. The van der Waals surface area contributed by atoms with Crippen LogP contribution in [0.25, 0.3) is 10.4 Å². The Morgan fingerprint density at radius 3 is 2.80 bits per heavy atom. The van der Waals surface area contributed by atoms with Crippen LogP contribution in [-0.2, 0) is 16.0 Å². The van der Waals surface area contributed by atoms with Crippen LogP contribution in [0.4, 0.5) is 0 Å². The van der Waals surface area contributed by atoms with Gasteiger partial charge in [-0.1, -0.05) is 11.6 Å². The molecule has 0 amide bonds. The molecular formula is C15H14ClNO3. The summed E-state index contributed by atoms with van der Waals surface area (Å²) in [5.41, 5.74) is 2.64. The third-order valence-electron chi connectivity index (χ3n) is 3.21. The summed E-state index contributed by atoms with van der Waals surface area (Å²) in [5, 5.41) is 0.535. The molecule has 0 bridgehead atoms. The van der Waals surface area contributed by atoms with Crippen LogP contribution in [0.2, 0.25) is 5.02 Å². The van der Waals surface area contributed by atoms with E-state index in [0.29, 0.717) is 22.8 Å². The zero-order valence-electron chi connectivity index (χ0n) is 11.3. The Morgan fingerprint density at radius 2 is 2.20 bits per heavy atom. The molecule has 1 aromatic rings. The summed E-state index contributed by atoms with van der Waals surface area (Å²) < 4.78 is 10.1. The first-order valence-electron chi connectivity index (χ1n) is 6.26. The lowest BCUT2D eigenvalue weighted by molar-refractivity contribution is -0.138. The van der Waals surface area contributed by atoms with Crippen molar-refractivity contribution in [3.8, 4) is 5.75 Å². The van der Waals surface area contributed by atoms with Gasteiger partial charge in [0.2, 0.25) is 0 Å². The molecule has 4 nitrogen and oxygen atoms in total. The fourth-order valence-corrected chi connectivity index (χ4v) is 2.58. The minimum Gasteiger partial charge on any atom is -0.495 e. The monoisotopic (exact) mass is 291 g/mol. The van der Waals surface area contributed by atoms with E-state index < -0.39 is 5.97 Å². The van der Waals surface area contributed by atoms with Crippen molar-refractivity contribution in [1.29, 1.82) is 0 Å². The number of ether oxygens (including phenoxy) is 2. The van der Waals surface area contributed by atoms with Crippen molar-refractivity contribution in [3.63, 3.8) is 0 Å². The minimum absolute atomic E-state index is 0.0509. The fourth-order valence-electron chi connectivity index (χ4n) is 2.31. The molecule has 0 saturated heterocycles. The van der Waals surface area contributed by atoms with Crippen LogP contribution in [0.1, 0.15) is 24.5 Å².